The molecule has 1 amide bonds. The molecular formula is C20H23NO4. The van der Waals surface area contributed by atoms with Gasteiger partial charge in [0.2, 0.25) is 5.91 Å². The highest BCUT2D eigenvalue weighted by atomic mass is 16.5. The summed E-state index contributed by atoms with van der Waals surface area (Å²) in [5.74, 6) is 0.869. The molecule has 25 heavy (non-hydrogen) atoms. The molecule has 0 aliphatic carbocycles. The van der Waals surface area contributed by atoms with Crippen LogP contribution in [0.4, 0.5) is 5.69 Å². The van der Waals surface area contributed by atoms with E-state index in [1.165, 1.54) is 7.11 Å². The van der Waals surface area contributed by atoms with Gasteiger partial charge in [0.1, 0.15) is 11.5 Å². The van der Waals surface area contributed by atoms with E-state index in [-0.39, 0.29) is 24.5 Å². The highest BCUT2D eigenvalue weighted by Gasteiger charge is 2.12. The highest BCUT2D eigenvalue weighted by Crippen LogP contribution is 2.29. The van der Waals surface area contributed by atoms with E-state index < -0.39 is 0 Å². The van der Waals surface area contributed by atoms with E-state index in [4.69, 9.17) is 9.47 Å². The molecule has 0 aromatic heterocycles. The molecule has 0 radical (unpaired) electrons. The molecule has 2 rings (SSSR count). The summed E-state index contributed by atoms with van der Waals surface area (Å²) >= 11 is 0. The second-order valence-corrected chi connectivity index (χ2v) is 5.84. The maximum atomic E-state index is 12.3. The topological polar surface area (TPSA) is 64.6 Å². The molecular weight excluding hydrogens is 318 g/mol. The van der Waals surface area contributed by atoms with E-state index in [1.54, 1.807) is 31.4 Å². The average molecular weight is 341 g/mol. The minimum Gasteiger partial charge on any atom is -0.497 e. The Labute approximate surface area is 148 Å². The van der Waals surface area contributed by atoms with Gasteiger partial charge in [0.25, 0.3) is 0 Å². The van der Waals surface area contributed by atoms with Gasteiger partial charge in [-0.15, -0.1) is 0 Å². The number of carbonyl (C=O) groups is 2. The zero-order valence-electron chi connectivity index (χ0n) is 15.0. The number of aryl methyl sites for hydroxylation is 2. The summed E-state index contributed by atoms with van der Waals surface area (Å²) in [6.07, 6.45) is 0.272. The van der Waals surface area contributed by atoms with E-state index in [0.29, 0.717) is 22.7 Å². The number of Topliss-reactive ketones (excluding diaryl/α,β-unsaturated/α-hetero) is 1. The zero-order valence-corrected chi connectivity index (χ0v) is 15.0. The van der Waals surface area contributed by atoms with Gasteiger partial charge in [-0.3, -0.25) is 9.59 Å². The molecule has 0 heterocycles. The van der Waals surface area contributed by atoms with Gasteiger partial charge < -0.3 is 14.8 Å². The number of rotatable bonds is 7. The molecule has 0 aliphatic heterocycles. The number of hydrogen-bond acceptors (Lipinski definition) is 4. The third kappa shape index (κ3) is 4.83. The van der Waals surface area contributed by atoms with Crippen LogP contribution in [0.3, 0.4) is 0 Å². The van der Waals surface area contributed by atoms with Gasteiger partial charge >= 0.3 is 0 Å². The number of ether oxygens (including phenoxy) is 2. The first-order valence-electron chi connectivity index (χ1n) is 8.07. The van der Waals surface area contributed by atoms with Crippen LogP contribution in [-0.2, 0) is 4.79 Å². The monoisotopic (exact) mass is 341 g/mol. The molecule has 1 N–H and O–H groups in total. The third-order valence-electron chi connectivity index (χ3n) is 4.09. The van der Waals surface area contributed by atoms with Crippen molar-refractivity contribution in [2.75, 3.05) is 19.5 Å². The number of nitrogens with one attached hydrogen (secondary N) is 1. The van der Waals surface area contributed by atoms with Crippen molar-refractivity contribution in [1.29, 1.82) is 0 Å². The summed E-state index contributed by atoms with van der Waals surface area (Å²) in [6.45, 7) is 3.97. The Morgan fingerprint density at radius 3 is 2.32 bits per heavy atom. The van der Waals surface area contributed by atoms with Crippen LogP contribution in [0.5, 0.6) is 11.5 Å². The summed E-state index contributed by atoms with van der Waals surface area (Å²) in [4.78, 5) is 24.4. The van der Waals surface area contributed by atoms with E-state index in [1.807, 2.05) is 26.0 Å². The first kappa shape index (κ1) is 18.5. The molecule has 2 aromatic carbocycles. The maximum absolute atomic E-state index is 12.3. The van der Waals surface area contributed by atoms with Crippen molar-refractivity contribution in [3.63, 3.8) is 0 Å². The van der Waals surface area contributed by atoms with Crippen LogP contribution in [0.25, 0.3) is 0 Å². The van der Waals surface area contributed by atoms with Crippen LogP contribution in [-0.4, -0.2) is 25.9 Å². The maximum Gasteiger partial charge on any atom is 0.224 e. The van der Waals surface area contributed by atoms with Crippen LogP contribution in [0.15, 0.2) is 36.4 Å². The molecule has 0 fully saturated rings. The largest absolute Gasteiger partial charge is 0.497 e. The number of methoxy groups -OCH3 is 2. The molecule has 0 saturated heterocycles. The second kappa shape index (κ2) is 8.33. The molecule has 0 unspecified atom stereocenters. The van der Waals surface area contributed by atoms with Crippen LogP contribution < -0.4 is 14.8 Å². The third-order valence-corrected chi connectivity index (χ3v) is 4.09. The van der Waals surface area contributed by atoms with Crippen LogP contribution in [0.2, 0.25) is 0 Å². The van der Waals surface area contributed by atoms with Gasteiger partial charge in [-0.2, -0.15) is 0 Å². The molecule has 0 bridgehead atoms. The Morgan fingerprint density at radius 2 is 1.68 bits per heavy atom. The highest BCUT2D eigenvalue weighted by molar-refractivity contribution is 6.00. The van der Waals surface area contributed by atoms with Gasteiger partial charge in [0.15, 0.2) is 5.78 Å². The Bertz CT molecular complexity index is 783. The Balaban J connectivity index is 1.96. The fourth-order valence-corrected chi connectivity index (χ4v) is 2.40. The predicted molar refractivity (Wildman–Crippen MR) is 97.7 cm³/mol. The van der Waals surface area contributed by atoms with Crippen LogP contribution in [0.1, 0.15) is 34.3 Å². The van der Waals surface area contributed by atoms with Gasteiger partial charge in [-0.25, -0.2) is 0 Å². The van der Waals surface area contributed by atoms with E-state index >= 15 is 0 Å². The molecule has 5 heteroatoms. The minimum atomic E-state index is -0.236. The van der Waals surface area contributed by atoms with E-state index in [9.17, 15) is 9.59 Å². The molecule has 5 nitrogen and oxygen atoms in total. The average Bonchev–Trinajstić information content (AvgIpc) is 2.62. The summed E-state index contributed by atoms with van der Waals surface area (Å²) in [5.41, 5.74) is 3.39. The van der Waals surface area contributed by atoms with Gasteiger partial charge in [-0.05, 0) is 43.2 Å². The number of anilines is 1. The molecule has 0 saturated carbocycles. The Hall–Kier alpha value is -2.82. The Morgan fingerprint density at radius 1 is 0.920 bits per heavy atom. The van der Waals surface area contributed by atoms with Crippen molar-refractivity contribution in [2.45, 2.75) is 26.7 Å². The Kier molecular flexibility index (Phi) is 6.17. The fourth-order valence-electron chi connectivity index (χ4n) is 2.40. The fraction of sp³-hybridized carbons (Fsp3) is 0.300. The first-order chi connectivity index (χ1) is 11.9. The lowest BCUT2D eigenvalue weighted by molar-refractivity contribution is -0.116. The number of ketones is 1. The number of carbonyl (C=O) groups excluding carboxylic acids is 2. The zero-order chi connectivity index (χ0) is 18.4. The quantitative estimate of drug-likeness (QED) is 0.775. The van der Waals surface area contributed by atoms with Crippen LogP contribution in [0, 0.1) is 13.8 Å². The van der Waals surface area contributed by atoms with Crippen molar-refractivity contribution in [1.82, 2.24) is 0 Å². The first-order valence-corrected chi connectivity index (χ1v) is 8.07. The number of amides is 1. The molecule has 132 valence electrons. The second-order valence-electron chi connectivity index (χ2n) is 5.84. The lowest BCUT2D eigenvalue weighted by atomic mass is 10.0. The molecule has 0 aliphatic rings. The van der Waals surface area contributed by atoms with E-state index in [0.717, 1.165) is 11.1 Å². The standard InChI is InChI=1S/C20H23NO4/c1-13-5-6-15(11-14(13)2)18(22)9-10-20(23)21-17-8-7-16(24-3)12-19(17)25-4/h5-8,11-12H,9-10H2,1-4H3,(H,21,23). The summed E-state index contributed by atoms with van der Waals surface area (Å²) < 4.78 is 10.4. The summed E-state index contributed by atoms with van der Waals surface area (Å²) in [5, 5.41) is 2.77. The smallest absolute Gasteiger partial charge is 0.224 e. The normalized spacial score (nSPS) is 10.2. The number of benzene rings is 2. The lowest BCUT2D eigenvalue weighted by Crippen LogP contribution is -2.14. The van der Waals surface area contributed by atoms with Crippen molar-refractivity contribution >= 4 is 17.4 Å². The van der Waals surface area contributed by atoms with Crippen molar-refractivity contribution < 1.29 is 19.1 Å². The summed E-state index contributed by atoms with van der Waals surface area (Å²) in [6, 6.07) is 10.7. The number of hydrogen-bond donors (Lipinski definition) is 1. The van der Waals surface area contributed by atoms with E-state index in [2.05, 4.69) is 5.32 Å². The SMILES string of the molecule is COc1ccc(NC(=O)CCC(=O)c2ccc(C)c(C)c2)c(OC)c1. The van der Waals surface area contributed by atoms with Crippen molar-refractivity contribution in [3.05, 3.63) is 53.1 Å². The molecule has 2 aromatic rings. The molecule has 0 spiro atoms. The van der Waals surface area contributed by atoms with Gasteiger partial charge in [-0.1, -0.05) is 12.1 Å². The predicted octanol–water partition coefficient (Wildman–Crippen LogP) is 3.92. The minimum absolute atomic E-state index is 0.0417. The summed E-state index contributed by atoms with van der Waals surface area (Å²) in [7, 11) is 3.08. The lowest BCUT2D eigenvalue weighted by Gasteiger charge is -2.11. The van der Waals surface area contributed by atoms with Crippen molar-refractivity contribution in [2.24, 2.45) is 0 Å². The molecule has 0 atom stereocenters. The van der Waals surface area contributed by atoms with Gasteiger partial charge in [0, 0.05) is 24.5 Å². The van der Waals surface area contributed by atoms with Crippen LogP contribution >= 0.6 is 0 Å². The van der Waals surface area contributed by atoms with Crippen molar-refractivity contribution in [3.8, 4) is 11.5 Å². The van der Waals surface area contributed by atoms with Gasteiger partial charge in [0.05, 0.1) is 19.9 Å².